The molecule has 21 heavy (non-hydrogen) atoms. The third-order valence-electron chi connectivity index (χ3n) is 3.11. The fourth-order valence-electron chi connectivity index (χ4n) is 2.07. The first-order chi connectivity index (χ1) is 10.1. The van der Waals surface area contributed by atoms with E-state index in [2.05, 4.69) is 10.6 Å². The van der Waals surface area contributed by atoms with Crippen molar-refractivity contribution in [3.63, 3.8) is 0 Å². The summed E-state index contributed by atoms with van der Waals surface area (Å²) in [5, 5.41) is 6.79. The minimum Gasteiger partial charge on any atom is -0.378 e. The van der Waals surface area contributed by atoms with E-state index in [1.165, 1.54) is 0 Å². The van der Waals surface area contributed by atoms with Gasteiger partial charge in [0.1, 0.15) is 0 Å². The van der Waals surface area contributed by atoms with Crippen molar-refractivity contribution in [2.75, 3.05) is 31.6 Å². The molecule has 0 atom stereocenters. The van der Waals surface area contributed by atoms with Crippen LogP contribution in [0.3, 0.4) is 0 Å². The summed E-state index contributed by atoms with van der Waals surface area (Å²) in [5.74, 6) is 0.0488. The first kappa shape index (κ1) is 15.7. The first-order valence-corrected chi connectivity index (χ1v) is 7.51. The van der Waals surface area contributed by atoms with Gasteiger partial charge in [0.25, 0.3) is 5.91 Å². The van der Waals surface area contributed by atoms with Gasteiger partial charge in [0.15, 0.2) is 5.11 Å². The second kappa shape index (κ2) is 7.38. The Kier molecular flexibility index (Phi) is 5.52. The number of amides is 1. The van der Waals surface area contributed by atoms with Crippen LogP contribution < -0.4 is 10.6 Å². The van der Waals surface area contributed by atoms with E-state index in [0.717, 1.165) is 5.69 Å². The van der Waals surface area contributed by atoms with E-state index < -0.39 is 0 Å². The molecule has 0 aromatic heterocycles. The van der Waals surface area contributed by atoms with Gasteiger partial charge in [-0.25, -0.2) is 0 Å². The molecule has 114 valence electrons. The zero-order valence-electron chi connectivity index (χ0n) is 12.4. The fourth-order valence-corrected chi connectivity index (χ4v) is 2.43. The van der Waals surface area contributed by atoms with Crippen molar-refractivity contribution in [2.24, 2.45) is 0 Å². The summed E-state index contributed by atoms with van der Waals surface area (Å²) in [7, 11) is 0. The van der Waals surface area contributed by atoms with Crippen molar-refractivity contribution in [2.45, 2.75) is 19.9 Å². The maximum Gasteiger partial charge on any atom is 0.254 e. The van der Waals surface area contributed by atoms with Crippen LogP contribution in [0.4, 0.5) is 5.69 Å². The standard InChI is InChI=1S/C15H21N3O2S/c1-11(2)16-15(21)17-13-5-3-12(4-6-13)14(19)18-7-9-20-10-8-18/h3-6,11H,7-10H2,1-2H3,(H2,16,17,21). The minimum absolute atomic E-state index is 0.0488. The number of rotatable bonds is 3. The number of ether oxygens (including phenoxy) is 1. The van der Waals surface area contributed by atoms with E-state index in [9.17, 15) is 4.79 Å². The summed E-state index contributed by atoms with van der Waals surface area (Å²) >= 11 is 5.19. The van der Waals surface area contributed by atoms with Crippen LogP contribution in [0, 0.1) is 0 Å². The predicted octanol–water partition coefficient (Wildman–Crippen LogP) is 1.85. The Bertz CT molecular complexity index is 496. The third kappa shape index (κ3) is 4.68. The highest BCUT2D eigenvalue weighted by atomic mass is 32.1. The summed E-state index contributed by atoms with van der Waals surface area (Å²) in [5.41, 5.74) is 1.55. The molecular formula is C15H21N3O2S. The van der Waals surface area contributed by atoms with Crippen molar-refractivity contribution < 1.29 is 9.53 Å². The molecule has 1 fully saturated rings. The SMILES string of the molecule is CC(C)NC(=S)Nc1ccc(C(=O)N2CCOCC2)cc1. The molecule has 1 saturated heterocycles. The zero-order valence-corrected chi connectivity index (χ0v) is 13.2. The fraction of sp³-hybridized carbons (Fsp3) is 0.467. The van der Waals surface area contributed by atoms with Crippen molar-refractivity contribution in [1.82, 2.24) is 10.2 Å². The molecule has 2 N–H and O–H groups in total. The van der Waals surface area contributed by atoms with E-state index in [0.29, 0.717) is 37.0 Å². The van der Waals surface area contributed by atoms with Gasteiger partial charge in [0.05, 0.1) is 13.2 Å². The van der Waals surface area contributed by atoms with Gasteiger partial charge in [-0.3, -0.25) is 4.79 Å². The molecule has 6 heteroatoms. The molecule has 0 bridgehead atoms. The van der Waals surface area contributed by atoms with E-state index >= 15 is 0 Å². The third-order valence-corrected chi connectivity index (χ3v) is 3.33. The molecule has 0 saturated carbocycles. The number of hydrogen-bond donors (Lipinski definition) is 2. The summed E-state index contributed by atoms with van der Waals surface area (Å²) in [6.45, 7) is 6.58. The van der Waals surface area contributed by atoms with E-state index in [1.54, 1.807) is 0 Å². The maximum absolute atomic E-state index is 12.3. The molecule has 1 aromatic rings. The van der Waals surface area contributed by atoms with Gasteiger partial charge in [-0.1, -0.05) is 0 Å². The highest BCUT2D eigenvalue weighted by Gasteiger charge is 2.18. The Hall–Kier alpha value is -1.66. The number of nitrogens with zero attached hydrogens (tertiary/aromatic N) is 1. The maximum atomic E-state index is 12.3. The van der Waals surface area contributed by atoms with Crippen LogP contribution in [-0.2, 0) is 4.74 Å². The van der Waals surface area contributed by atoms with Gasteiger partial charge in [-0.2, -0.15) is 0 Å². The number of hydrogen-bond acceptors (Lipinski definition) is 3. The molecule has 1 aromatic carbocycles. The average Bonchev–Trinajstić information content (AvgIpc) is 2.47. The van der Waals surface area contributed by atoms with Crippen LogP contribution in [-0.4, -0.2) is 48.3 Å². The van der Waals surface area contributed by atoms with Gasteiger partial charge in [-0.15, -0.1) is 0 Å². The monoisotopic (exact) mass is 307 g/mol. The molecule has 2 rings (SSSR count). The quantitative estimate of drug-likeness (QED) is 0.835. The highest BCUT2D eigenvalue weighted by Crippen LogP contribution is 2.12. The number of carbonyl (C=O) groups is 1. The summed E-state index contributed by atoms with van der Waals surface area (Å²) in [4.78, 5) is 14.1. The average molecular weight is 307 g/mol. The number of benzene rings is 1. The van der Waals surface area contributed by atoms with Crippen LogP contribution in [0.15, 0.2) is 24.3 Å². The molecule has 1 amide bonds. The van der Waals surface area contributed by atoms with Crippen LogP contribution in [0.5, 0.6) is 0 Å². The normalized spacial score (nSPS) is 14.9. The minimum atomic E-state index is 0.0488. The van der Waals surface area contributed by atoms with Crippen molar-refractivity contribution in [1.29, 1.82) is 0 Å². The summed E-state index contributed by atoms with van der Waals surface area (Å²) < 4.78 is 5.26. The van der Waals surface area contributed by atoms with Crippen molar-refractivity contribution in [3.8, 4) is 0 Å². The van der Waals surface area contributed by atoms with E-state index in [-0.39, 0.29) is 11.9 Å². The smallest absolute Gasteiger partial charge is 0.254 e. The van der Waals surface area contributed by atoms with Gasteiger partial charge >= 0.3 is 0 Å². The van der Waals surface area contributed by atoms with Gasteiger partial charge < -0.3 is 20.3 Å². The lowest BCUT2D eigenvalue weighted by Gasteiger charge is -2.26. The first-order valence-electron chi connectivity index (χ1n) is 7.11. The van der Waals surface area contributed by atoms with Crippen molar-refractivity contribution in [3.05, 3.63) is 29.8 Å². The molecule has 1 aliphatic rings. The Morgan fingerprint density at radius 2 is 1.86 bits per heavy atom. The van der Waals surface area contributed by atoms with Crippen LogP contribution in [0.1, 0.15) is 24.2 Å². The largest absolute Gasteiger partial charge is 0.378 e. The van der Waals surface area contributed by atoms with Gasteiger partial charge in [0, 0.05) is 30.4 Å². The molecule has 1 aliphatic heterocycles. The number of morpholine rings is 1. The Morgan fingerprint density at radius 3 is 2.43 bits per heavy atom. The second-order valence-electron chi connectivity index (χ2n) is 5.24. The van der Waals surface area contributed by atoms with Crippen molar-refractivity contribution >= 4 is 28.9 Å². The van der Waals surface area contributed by atoms with E-state index in [1.807, 2.05) is 43.0 Å². The van der Waals surface area contributed by atoms with Gasteiger partial charge in [0.2, 0.25) is 0 Å². The molecule has 0 aliphatic carbocycles. The predicted molar refractivity (Wildman–Crippen MR) is 87.7 cm³/mol. The molecule has 0 spiro atoms. The summed E-state index contributed by atoms with van der Waals surface area (Å²) in [6, 6.07) is 7.65. The lowest BCUT2D eigenvalue weighted by Crippen LogP contribution is -2.40. The zero-order chi connectivity index (χ0) is 15.2. The Balaban J connectivity index is 1.95. The molecule has 0 radical (unpaired) electrons. The number of carbonyl (C=O) groups excluding carboxylic acids is 1. The molecular weight excluding hydrogens is 286 g/mol. The number of thiocarbonyl (C=S) groups is 1. The molecule has 1 heterocycles. The molecule has 0 unspecified atom stereocenters. The number of anilines is 1. The van der Waals surface area contributed by atoms with E-state index in [4.69, 9.17) is 17.0 Å². The lowest BCUT2D eigenvalue weighted by atomic mass is 10.1. The summed E-state index contributed by atoms with van der Waals surface area (Å²) in [6.07, 6.45) is 0. The Morgan fingerprint density at radius 1 is 1.24 bits per heavy atom. The second-order valence-corrected chi connectivity index (χ2v) is 5.64. The highest BCUT2D eigenvalue weighted by molar-refractivity contribution is 7.80. The Labute approximate surface area is 130 Å². The van der Waals surface area contributed by atoms with Crippen LogP contribution in [0.25, 0.3) is 0 Å². The van der Waals surface area contributed by atoms with Crippen LogP contribution in [0.2, 0.25) is 0 Å². The lowest BCUT2D eigenvalue weighted by molar-refractivity contribution is 0.0303. The van der Waals surface area contributed by atoms with Gasteiger partial charge in [-0.05, 0) is 50.3 Å². The van der Waals surface area contributed by atoms with Crippen LogP contribution >= 0.6 is 12.2 Å². The topological polar surface area (TPSA) is 53.6 Å². The molecule has 5 nitrogen and oxygen atoms in total. The number of nitrogens with one attached hydrogen (secondary N) is 2.